The molecule has 1 unspecified atom stereocenters. The minimum atomic E-state index is -1.22. The number of benzene rings is 2. The molecule has 0 radical (unpaired) electrons. The first-order valence-corrected chi connectivity index (χ1v) is 11.4. The van der Waals surface area contributed by atoms with Crippen molar-refractivity contribution in [1.82, 2.24) is 9.88 Å². The number of aromatic nitrogens is 1. The summed E-state index contributed by atoms with van der Waals surface area (Å²) in [6.45, 7) is 0.356. The van der Waals surface area contributed by atoms with E-state index in [2.05, 4.69) is 5.32 Å². The maximum absolute atomic E-state index is 13.3. The molecule has 0 spiro atoms. The van der Waals surface area contributed by atoms with Gasteiger partial charge in [0.1, 0.15) is 0 Å². The number of carbonyl (C=O) groups excluding carboxylic acids is 2. The molecule has 162 valence electrons. The first-order chi connectivity index (χ1) is 15.5. The molecule has 7 nitrogen and oxygen atoms in total. The average Bonchev–Trinajstić information content (AvgIpc) is 3.36. The summed E-state index contributed by atoms with van der Waals surface area (Å²) < 4.78 is 1.64. The average molecular weight is 468 g/mol. The number of hydrogen-bond acceptors (Lipinski definition) is 4. The number of carboxylic acid groups (broad SMARTS) is 1. The minimum Gasteiger partial charge on any atom is -0.477 e. The number of carboxylic acids is 1. The highest BCUT2D eigenvalue weighted by Crippen LogP contribution is 2.39. The lowest BCUT2D eigenvalue weighted by Crippen LogP contribution is -2.56. The summed E-state index contributed by atoms with van der Waals surface area (Å²) in [6.07, 6.45) is 0.580. The molecule has 32 heavy (non-hydrogen) atoms. The Morgan fingerprint density at radius 3 is 2.72 bits per heavy atom. The van der Waals surface area contributed by atoms with Gasteiger partial charge < -0.3 is 15.0 Å². The molecule has 2 aliphatic rings. The van der Waals surface area contributed by atoms with Crippen LogP contribution in [0.1, 0.15) is 16.1 Å². The zero-order chi connectivity index (χ0) is 22.4. The smallest absolute Gasteiger partial charge is 0.354 e. The topological polar surface area (TPSA) is 91.6 Å². The van der Waals surface area contributed by atoms with Gasteiger partial charge in [-0.25, -0.2) is 14.5 Å². The molecule has 0 saturated carbocycles. The maximum atomic E-state index is 13.3. The summed E-state index contributed by atoms with van der Waals surface area (Å²) in [6, 6.07) is 13.7. The van der Waals surface area contributed by atoms with E-state index >= 15 is 0 Å². The van der Waals surface area contributed by atoms with Crippen molar-refractivity contribution in [3.63, 3.8) is 0 Å². The number of halogens is 1. The van der Waals surface area contributed by atoms with Gasteiger partial charge in [-0.05, 0) is 35.6 Å². The number of aromatic carboxylic acids is 1. The van der Waals surface area contributed by atoms with E-state index in [0.29, 0.717) is 40.2 Å². The van der Waals surface area contributed by atoms with Crippen molar-refractivity contribution in [3.05, 3.63) is 75.8 Å². The third kappa shape index (κ3) is 3.36. The number of carbonyl (C=O) groups is 3. The van der Waals surface area contributed by atoms with Gasteiger partial charge in [0.2, 0.25) is 0 Å². The first-order valence-electron chi connectivity index (χ1n) is 10.0. The highest BCUT2D eigenvalue weighted by Gasteiger charge is 2.42. The van der Waals surface area contributed by atoms with E-state index in [1.54, 1.807) is 28.2 Å². The Morgan fingerprint density at radius 1 is 1.19 bits per heavy atom. The van der Waals surface area contributed by atoms with Gasteiger partial charge in [0.25, 0.3) is 5.91 Å². The van der Waals surface area contributed by atoms with Gasteiger partial charge in [-0.1, -0.05) is 41.9 Å². The fourth-order valence-electron chi connectivity index (χ4n) is 4.23. The van der Waals surface area contributed by atoms with E-state index in [1.807, 2.05) is 30.3 Å². The fourth-order valence-corrected chi connectivity index (χ4v) is 5.40. The Kier molecular flexibility index (Phi) is 5.19. The van der Waals surface area contributed by atoms with Crippen molar-refractivity contribution in [2.75, 3.05) is 10.7 Å². The number of thioether (sulfide) groups is 1. The van der Waals surface area contributed by atoms with Crippen LogP contribution in [0.2, 0.25) is 5.02 Å². The quantitative estimate of drug-likeness (QED) is 0.584. The van der Waals surface area contributed by atoms with Crippen LogP contribution >= 0.6 is 23.4 Å². The molecule has 3 amide bonds. The van der Waals surface area contributed by atoms with Gasteiger partial charge in [-0.3, -0.25) is 4.79 Å². The monoisotopic (exact) mass is 467 g/mol. The van der Waals surface area contributed by atoms with Crippen LogP contribution in [-0.2, 0) is 17.8 Å². The van der Waals surface area contributed by atoms with Crippen LogP contribution in [0.25, 0.3) is 10.9 Å². The standard InChI is InChI=1S/C23H18ClN3O4S/c24-14-6-7-18-15(10-14)19(27-21(28)16-11-32-12-17(16)25-23(27)31)20(22(29)30)26(18)9-8-13-4-2-1-3-5-13/h1-7,10-11,17H,8-9,12H2,(H,25,31)(H,29,30). The van der Waals surface area contributed by atoms with Gasteiger partial charge in [0.15, 0.2) is 5.69 Å². The molecule has 9 heteroatoms. The molecule has 2 N–H and O–H groups in total. The number of imide groups is 1. The van der Waals surface area contributed by atoms with Crippen LogP contribution in [0.4, 0.5) is 10.5 Å². The lowest BCUT2D eigenvalue weighted by atomic mass is 10.1. The molecule has 1 saturated heterocycles. The van der Waals surface area contributed by atoms with E-state index in [4.69, 9.17) is 11.6 Å². The molecule has 1 fully saturated rings. The Balaban J connectivity index is 1.69. The van der Waals surface area contributed by atoms with Crippen LogP contribution < -0.4 is 10.2 Å². The SMILES string of the molecule is O=C(O)c1c(N2C(=O)NC3CSC=C3C2=O)c2cc(Cl)ccc2n1CCc1ccccc1. The third-order valence-corrected chi connectivity index (χ3v) is 6.87. The number of nitrogens with zero attached hydrogens (tertiary/aromatic N) is 2. The summed E-state index contributed by atoms with van der Waals surface area (Å²) in [7, 11) is 0. The Morgan fingerprint density at radius 2 is 1.97 bits per heavy atom. The van der Waals surface area contributed by atoms with E-state index < -0.39 is 17.9 Å². The number of aryl methyl sites for hydroxylation is 2. The van der Waals surface area contributed by atoms with Crippen LogP contribution in [-0.4, -0.2) is 39.4 Å². The second kappa shape index (κ2) is 8.03. The van der Waals surface area contributed by atoms with Gasteiger partial charge in [-0.15, -0.1) is 11.8 Å². The lowest BCUT2D eigenvalue weighted by Gasteiger charge is -2.30. The highest BCUT2D eigenvalue weighted by atomic mass is 35.5. The summed E-state index contributed by atoms with van der Waals surface area (Å²) in [5, 5.41) is 15.5. The molecule has 2 aromatic carbocycles. The molecule has 3 heterocycles. The van der Waals surface area contributed by atoms with Gasteiger partial charge in [-0.2, -0.15) is 0 Å². The van der Waals surface area contributed by atoms with Crippen LogP contribution in [0, 0.1) is 0 Å². The Labute approximate surface area is 192 Å². The second-order valence-electron chi connectivity index (χ2n) is 7.60. The van der Waals surface area contributed by atoms with E-state index in [9.17, 15) is 19.5 Å². The predicted octanol–water partition coefficient (Wildman–Crippen LogP) is 4.29. The Bertz CT molecular complexity index is 1300. The zero-order valence-corrected chi connectivity index (χ0v) is 18.3. The summed E-state index contributed by atoms with van der Waals surface area (Å²) in [5.41, 5.74) is 2.02. The van der Waals surface area contributed by atoms with E-state index in [1.165, 1.54) is 11.8 Å². The van der Waals surface area contributed by atoms with Gasteiger partial charge in [0.05, 0.1) is 17.2 Å². The predicted molar refractivity (Wildman–Crippen MR) is 124 cm³/mol. The zero-order valence-electron chi connectivity index (χ0n) is 16.7. The minimum absolute atomic E-state index is 0.0433. The first kappa shape index (κ1) is 20.7. The van der Waals surface area contributed by atoms with Crippen molar-refractivity contribution >= 4 is 57.9 Å². The van der Waals surface area contributed by atoms with Crippen molar-refractivity contribution in [2.24, 2.45) is 0 Å². The van der Waals surface area contributed by atoms with Crippen LogP contribution in [0.15, 0.2) is 59.5 Å². The summed E-state index contributed by atoms with van der Waals surface area (Å²) in [5.74, 6) is -1.15. The number of rotatable bonds is 5. The number of urea groups is 1. The van der Waals surface area contributed by atoms with Crippen LogP contribution in [0.3, 0.4) is 0 Å². The molecular formula is C23H18ClN3O4S. The second-order valence-corrected chi connectivity index (χ2v) is 8.94. The van der Waals surface area contributed by atoms with Gasteiger partial charge in [0, 0.05) is 28.3 Å². The van der Waals surface area contributed by atoms with Crippen molar-refractivity contribution in [1.29, 1.82) is 0 Å². The molecule has 2 aliphatic heterocycles. The van der Waals surface area contributed by atoms with Crippen molar-refractivity contribution < 1.29 is 19.5 Å². The number of fused-ring (bicyclic) bond motifs is 2. The molecule has 3 aromatic rings. The number of hydrogen-bond donors (Lipinski definition) is 2. The van der Waals surface area contributed by atoms with Crippen molar-refractivity contribution in [2.45, 2.75) is 19.0 Å². The summed E-state index contributed by atoms with van der Waals surface area (Å²) in [4.78, 5) is 39.6. The van der Waals surface area contributed by atoms with Crippen molar-refractivity contribution in [3.8, 4) is 0 Å². The molecule has 0 aliphatic carbocycles. The van der Waals surface area contributed by atoms with E-state index in [0.717, 1.165) is 10.5 Å². The number of anilines is 1. The molecule has 1 atom stereocenters. The lowest BCUT2D eigenvalue weighted by molar-refractivity contribution is -0.115. The summed E-state index contributed by atoms with van der Waals surface area (Å²) >= 11 is 7.67. The Hall–Kier alpha value is -3.23. The molecule has 0 bridgehead atoms. The molecule has 1 aromatic heterocycles. The third-order valence-electron chi connectivity index (χ3n) is 5.69. The van der Waals surface area contributed by atoms with E-state index in [-0.39, 0.29) is 17.4 Å². The molecule has 5 rings (SSSR count). The number of nitrogens with one attached hydrogen (secondary N) is 1. The fraction of sp³-hybridized carbons (Fsp3) is 0.174. The number of amides is 3. The molecular weight excluding hydrogens is 450 g/mol. The normalized spacial score (nSPS) is 18.0. The largest absolute Gasteiger partial charge is 0.477 e. The van der Waals surface area contributed by atoms with Crippen LogP contribution in [0.5, 0.6) is 0 Å². The highest BCUT2D eigenvalue weighted by molar-refractivity contribution is 8.02. The maximum Gasteiger partial charge on any atom is 0.354 e. The van der Waals surface area contributed by atoms with Gasteiger partial charge >= 0.3 is 12.0 Å².